The molecule has 1 fully saturated rings. The van der Waals surface area contributed by atoms with Crippen molar-refractivity contribution in [1.29, 1.82) is 0 Å². The number of carbonyl (C=O) groups is 1. The Morgan fingerprint density at radius 1 is 0.976 bits per heavy atom. The van der Waals surface area contributed by atoms with Gasteiger partial charge in [0.05, 0.1) is 6.61 Å². The lowest BCUT2D eigenvalue weighted by molar-refractivity contribution is 0.0523. The van der Waals surface area contributed by atoms with E-state index in [4.69, 9.17) is 21.1 Å². The predicted molar refractivity (Wildman–Crippen MR) is 163 cm³/mol. The first kappa shape index (κ1) is 30.1. The van der Waals surface area contributed by atoms with E-state index in [1.807, 2.05) is 18.2 Å². The number of piperazine rings is 1. The lowest BCUT2D eigenvalue weighted by atomic mass is 9.72. The molecule has 0 spiro atoms. The van der Waals surface area contributed by atoms with Crippen LogP contribution >= 0.6 is 11.6 Å². The van der Waals surface area contributed by atoms with E-state index < -0.39 is 17.6 Å². The number of anilines is 1. The van der Waals surface area contributed by atoms with Gasteiger partial charge in [0, 0.05) is 49.5 Å². The summed E-state index contributed by atoms with van der Waals surface area (Å²) in [6, 6.07) is 17.1. The summed E-state index contributed by atoms with van der Waals surface area (Å²) in [5, 5.41) is 0.747. The predicted octanol–water partition coefficient (Wildman–Crippen LogP) is 8.37. The van der Waals surface area contributed by atoms with Gasteiger partial charge in [0.15, 0.2) is 11.6 Å². The van der Waals surface area contributed by atoms with E-state index in [1.54, 1.807) is 19.1 Å². The number of hydrogen-bond acceptors (Lipinski definition) is 5. The summed E-state index contributed by atoms with van der Waals surface area (Å²) in [4.78, 5) is 17.3. The first-order valence-electron chi connectivity index (χ1n) is 14.5. The maximum absolute atomic E-state index is 14.4. The molecule has 0 aromatic heterocycles. The highest BCUT2D eigenvalue weighted by atomic mass is 35.5. The summed E-state index contributed by atoms with van der Waals surface area (Å²) in [6.45, 7) is 10.8. The molecule has 0 radical (unpaired) electrons. The van der Waals surface area contributed by atoms with E-state index in [-0.39, 0.29) is 29.1 Å². The van der Waals surface area contributed by atoms with Crippen LogP contribution in [0.15, 0.2) is 66.2 Å². The van der Waals surface area contributed by atoms with Crippen molar-refractivity contribution >= 4 is 28.8 Å². The van der Waals surface area contributed by atoms with E-state index in [0.717, 1.165) is 62.3 Å². The number of carbonyl (C=O) groups excluding carboxylic acids is 1. The highest BCUT2D eigenvalue weighted by Crippen LogP contribution is 2.43. The first-order chi connectivity index (χ1) is 20.1. The van der Waals surface area contributed by atoms with Gasteiger partial charge in [-0.15, -0.1) is 0 Å². The average molecular weight is 595 g/mol. The van der Waals surface area contributed by atoms with E-state index in [0.29, 0.717) is 0 Å². The van der Waals surface area contributed by atoms with Crippen LogP contribution in [0.1, 0.15) is 56.0 Å². The van der Waals surface area contributed by atoms with Crippen molar-refractivity contribution in [2.75, 3.05) is 44.2 Å². The molecule has 5 rings (SSSR count). The molecule has 2 aliphatic rings. The van der Waals surface area contributed by atoms with Gasteiger partial charge in [-0.05, 0) is 79.1 Å². The maximum Gasteiger partial charge on any atom is 0.341 e. The van der Waals surface area contributed by atoms with E-state index >= 15 is 0 Å². The van der Waals surface area contributed by atoms with Crippen molar-refractivity contribution in [3.63, 3.8) is 0 Å². The van der Waals surface area contributed by atoms with Gasteiger partial charge in [-0.25, -0.2) is 9.18 Å². The van der Waals surface area contributed by atoms with Crippen molar-refractivity contribution in [3.8, 4) is 11.5 Å². The van der Waals surface area contributed by atoms with Gasteiger partial charge >= 0.3 is 5.97 Å². The molecular weight excluding hydrogens is 558 g/mol. The van der Waals surface area contributed by atoms with Crippen LogP contribution < -0.4 is 9.64 Å². The molecule has 0 unspecified atom stereocenters. The third kappa shape index (κ3) is 6.96. The normalized spacial score (nSPS) is 17.3. The highest BCUT2D eigenvalue weighted by Gasteiger charge is 2.29. The third-order valence-electron chi connectivity index (χ3n) is 8.13. The van der Waals surface area contributed by atoms with Crippen molar-refractivity contribution in [3.05, 3.63) is 94.0 Å². The standard InChI is InChI=1S/C34H37ClF2N2O3/c1-4-41-33(40)27-13-12-26(20-31(27)42-30-7-5-6-29(36)32(30)37)39-18-16-38(17-19-39)22-24-14-15-34(2,3)21-28(24)23-8-10-25(35)11-9-23/h5-13,20H,4,14-19,21-22H2,1-3H3. The van der Waals surface area contributed by atoms with Gasteiger partial charge in [0.25, 0.3) is 0 Å². The molecule has 3 aromatic rings. The summed E-state index contributed by atoms with van der Waals surface area (Å²) in [5.41, 5.74) is 5.45. The number of halogens is 3. The van der Waals surface area contributed by atoms with Crippen LogP contribution in [0.3, 0.4) is 0 Å². The number of esters is 1. The molecule has 1 saturated heterocycles. The van der Waals surface area contributed by atoms with Crippen molar-refractivity contribution in [2.45, 2.75) is 40.0 Å². The summed E-state index contributed by atoms with van der Waals surface area (Å²) >= 11 is 6.17. The van der Waals surface area contributed by atoms with Crippen LogP contribution in [0.2, 0.25) is 5.02 Å². The van der Waals surface area contributed by atoms with Crippen molar-refractivity contribution in [2.24, 2.45) is 5.41 Å². The molecule has 1 heterocycles. The number of allylic oxidation sites excluding steroid dienone is 1. The minimum atomic E-state index is -1.11. The Labute approximate surface area is 251 Å². The first-order valence-corrected chi connectivity index (χ1v) is 14.9. The van der Waals surface area contributed by atoms with Crippen LogP contribution in [-0.2, 0) is 4.74 Å². The lowest BCUT2D eigenvalue weighted by Gasteiger charge is -2.39. The summed E-state index contributed by atoms with van der Waals surface area (Å²) in [7, 11) is 0. The molecular formula is C34H37ClF2N2O3. The number of hydrogen-bond donors (Lipinski definition) is 0. The van der Waals surface area contributed by atoms with Crippen LogP contribution in [0.25, 0.3) is 5.57 Å². The Kier molecular flexibility index (Phi) is 9.19. The number of benzene rings is 3. The van der Waals surface area contributed by atoms with Gasteiger partial charge in [-0.2, -0.15) is 4.39 Å². The molecule has 1 aliphatic heterocycles. The second-order valence-corrected chi connectivity index (χ2v) is 12.2. The second kappa shape index (κ2) is 12.8. The summed E-state index contributed by atoms with van der Waals surface area (Å²) in [6.07, 6.45) is 3.30. The Morgan fingerprint density at radius 2 is 1.71 bits per heavy atom. The van der Waals surface area contributed by atoms with Crippen LogP contribution in [0.5, 0.6) is 11.5 Å². The highest BCUT2D eigenvalue weighted by molar-refractivity contribution is 6.30. The summed E-state index contributed by atoms with van der Waals surface area (Å²) in [5.74, 6) is -2.87. The van der Waals surface area contributed by atoms with Gasteiger partial charge in [-0.1, -0.05) is 49.2 Å². The molecule has 0 amide bonds. The van der Waals surface area contributed by atoms with Gasteiger partial charge < -0.3 is 14.4 Å². The molecule has 222 valence electrons. The van der Waals surface area contributed by atoms with Crippen LogP contribution in [-0.4, -0.2) is 50.2 Å². The third-order valence-corrected chi connectivity index (χ3v) is 8.38. The fraction of sp³-hybridized carbons (Fsp3) is 0.382. The molecule has 0 saturated carbocycles. The topological polar surface area (TPSA) is 42.0 Å². The number of rotatable bonds is 8. The monoisotopic (exact) mass is 594 g/mol. The number of nitrogens with zero attached hydrogens (tertiary/aromatic N) is 2. The minimum absolute atomic E-state index is 0.125. The molecule has 0 atom stereocenters. The second-order valence-electron chi connectivity index (χ2n) is 11.7. The Morgan fingerprint density at radius 3 is 2.43 bits per heavy atom. The average Bonchev–Trinajstić information content (AvgIpc) is 2.97. The molecule has 0 N–H and O–H groups in total. The van der Waals surface area contributed by atoms with E-state index in [1.165, 1.54) is 35.3 Å². The fourth-order valence-electron chi connectivity index (χ4n) is 5.75. The molecule has 3 aromatic carbocycles. The minimum Gasteiger partial charge on any atom is -0.462 e. The number of ether oxygens (including phenoxy) is 2. The Bertz CT molecular complexity index is 1460. The molecule has 0 bridgehead atoms. The van der Waals surface area contributed by atoms with Crippen molar-refractivity contribution < 1.29 is 23.0 Å². The fourth-order valence-corrected chi connectivity index (χ4v) is 5.87. The zero-order chi connectivity index (χ0) is 29.9. The molecule has 1 aliphatic carbocycles. The molecule has 5 nitrogen and oxygen atoms in total. The van der Waals surface area contributed by atoms with Crippen molar-refractivity contribution in [1.82, 2.24) is 4.90 Å². The zero-order valence-electron chi connectivity index (χ0n) is 24.4. The molecule has 42 heavy (non-hydrogen) atoms. The molecule has 8 heteroatoms. The zero-order valence-corrected chi connectivity index (χ0v) is 25.1. The van der Waals surface area contributed by atoms with Gasteiger partial charge in [0.2, 0.25) is 5.82 Å². The quantitative estimate of drug-likeness (QED) is 0.245. The van der Waals surface area contributed by atoms with Gasteiger partial charge in [0.1, 0.15) is 11.3 Å². The van der Waals surface area contributed by atoms with Gasteiger partial charge in [-0.3, -0.25) is 4.90 Å². The maximum atomic E-state index is 14.4. The summed E-state index contributed by atoms with van der Waals surface area (Å²) < 4.78 is 39.2. The van der Waals surface area contributed by atoms with E-state index in [2.05, 4.69) is 35.8 Å². The smallest absolute Gasteiger partial charge is 0.341 e. The largest absolute Gasteiger partial charge is 0.462 e. The Balaban J connectivity index is 1.32. The van der Waals surface area contributed by atoms with E-state index in [9.17, 15) is 13.6 Å². The SMILES string of the molecule is CCOC(=O)c1ccc(N2CCN(CC3=C(c4ccc(Cl)cc4)CC(C)(C)CC3)CC2)cc1Oc1cccc(F)c1F. The Hall–Kier alpha value is -3.42. The lowest BCUT2D eigenvalue weighted by Crippen LogP contribution is -2.47. The van der Waals surface area contributed by atoms with Crippen LogP contribution in [0.4, 0.5) is 14.5 Å². The van der Waals surface area contributed by atoms with Crippen LogP contribution in [0, 0.1) is 17.0 Å².